The molecule has 8 heteroatoms. The highest BCUT2D eigenvalue weighted by atomic mass is 35.5. The second kappa shape index (κ2) is 8.73. The van der Waals surface area contributed by atoms with E-state index in [1.807, 2.05) is 46.7 Å². The van der Waals surface area contributed by atoms with E-state index < -0.39 is 35.0 Å². The SMILES string of the molecule is O=C(c1cccs1)[C@@H]1[C@H](C(=O)c2ccc(F)cc2)[C@@]2(C(=O)Nc3ccccc32)[C@H]2C=Cc3cc(Cl)ccc3N12. The van der Waals surface area contributed by atoms with Crippen LogP contribution >= 0.6 is 22.9 Å². The van der Waals surface area contributed by atoms with Gasteiger partial charge in [0.05, 0.1) is 16.8 Å². The Kier molecular flexibility index (Phi) is 5.37. The van der Waals surface area contributed by atoms with Gasteiger partial charge in [0, 0.05) is 22.0 Å². The molecule has 1 N–H and O–H groups in total. The fraction of sp³-hybridized carbons (Fsp3) is 0.129. The normalized spacial score (nSPS) is 24.3. The Bertz CT molecular complexity index is 1700. The minimum Gasteiger partial charge on any atom is -0.352 e. The number of hydrogen-bond donors (Lipinski definition) is 1. The van der Waals surface area contributed by atoms with Gasteiger partial charge in [0.1, 0.15) is 17.3 Å². The molecule has 4 atom stereocenters. The number of fused-ring (bicyclic) bond motifs is 6. The number of carbonyl (C=O) groups is 3. The smallest absolute Gasteiger partial charge is 0.238 e. The first-order chi connectivity index (χ1) is 18.9. The van der Waals surface area contributed by atoms with E-state index in [1.165, 1.54) is 35.6 Å². The molecule has 0 saturated carbocycles. The van der Waals surface area contributed by atoms with Crippen LogP contribution in [0.2, 0.25) is 5.02 Å². The zero-order valence-corrected chi connectivity index (χ0v) is 21.9. The van der Waals surface area contributed by atoms with Crippen molar-refractivity contribution in [2.75, 3.05) is 10.2 Å². The maximum atomic E-state index is 14.5. The third-order valence-corrected chi connectivity index (χ3v) is 9.16. The Morgan fingerprint density at radius 2 is 1.77 bits per heavy atom. The fourth-order valence-corrected chi connectivity index (χ4v) is 7.39. The maximum Gasteiger partial charge on any atom is 0.238 e. The van der Waals surface area contributed by atoms with Gasteiger partial charge in [0.25, 0.3) is 0 Å². The van der Waals surface area contributed by atoms with Gasteiger partial charge in [0.2, 0.25) is 5.91 Å². The van der Waals surface area contributed by atoms with Crippen molar-refractivity contribution in [3.8, 4) is 0 Å². The molecule has 7 rings (SSSR count). The van der Waals surface area contributed by atoms with Crippen LogP contribution in [-0.2, 0) is 10.2 Å². The van der Waals surface area contributed by atoms with Gasteiger partial charge in [0.15, 0.2) is 11.6 Å². The second-order valence-electron chi connectivity index (χ2n) is 9.92. The number of para-hydroxylation sites is 1. The summed E-state index contributed by atoms with van der Waals surface area (Å²) in [4.78, 5) is 45.5. The van der Waals surface area contributed by atoms with Crippen LogP contribution in [0.3, 0.4) is 0 Å². The van der Waals surface area contributed by atoms with Gasteiger partial charge in [-0.1, -0.05) is 48.0 Å². The van der Waals surface area contributed by atoms with E-state index in [1.54, 1.807) is 30.3 Å². The highest BCUT2D eigenvalue weighted by molar-refractivity contribution is 7.12. The first-order valence-corrected chi connectivity index (χ1v) is 13.7. The Morgan fingerprint density at radius 1 is 0.974 bits per heavy atom. The molecule has 39 heavy (non-hydrogen) atoms. The molecule has 3 aliphatic rings. The third kappa shape index (κ3) is 3.33. The van der Waals surface area contributed by atoms with Gasteiger partial charge in [-0.2, -0.15) is 0 Å². The van der Waals surface area contributed by atoms with Crippen molar-refractivity contribution in [1.82, 2.24) is 0 Å². The van der Waals surface area contributed by atoms with Crippen molar-refractivity contribution in [2.24, 2.45) is 5.92 Å². The topological polar surface area (TPSA) is 66.5 Å². The van der Waals surface area contributed by atoms with E-state index in [-0.39, 0.29) is 17.3 Å². The number of thiophene rings is 1. The van der Waals surface area contributed by atoms with Crippen LogP contribution in [-0.4, -0.2) is 29.6 Å². The lowest BCUT2D eigenvalue weighted by Crippen LogP contribution is -2.51. The van der Waals surface area contributed by atoms with E-state index in [2.05, 4.69) is 5.32 Å². The van der Waals surface area contributed by atoms with Crippen LogP contribution in [0.5, 0.6) is 0 Å². The van der Waals surface area contributed by atoms with Gasteiger partial charge < -0.3 is 10.2 Å². The van der Waals surface area contributed by atoms with Crippen LogP contribution in [0, 0.1) is 11.7 Å². The second-order valence-corrected chi connectivity index (χ2v) is 11.3. The maximum absolute atomic E-state index is 14.5. The minimum atomic E-state index is -1.41. The number of Topliss-reactive ketones (excluding diaryl/α,β-unsaturated/α-hetero) is 2. The number of ketones is 2. The molecule has 0 radical (unpaired) electrons. The lowest BCUT2D eigenvalue weighted by Gasteiger charge is -2.37. The summed E-state index contributed by atoms with van der Waals surface area (Å²) < 4.78 is 13.9. The average molecular weight is 555 g/mol. The molecule has 4 heterocycles. The number of amides is 1. The summed E-state index contributed by atoms with van der Waals surface area (Å²) in [7, 11) is 0. The summed E-state index contributed by atoms with van der Waals surface area (Å²) in [6.07, 6.45) is 3.79. The molecule has 0 aliphatic carbocycles. The summed E-state index contributed by atoms with van der Waals surface area (Å²) in [6.45, 7) is 0. The Balaban J connectivity index is 1.54. The lowest BCUT2D eigenvalue weighted by molar-refractivity contribution is -0.121. The van der Waals surface area contributed by atoms with E-state index in [0.29, 0.717) is 26.8 Å². The molecule has 1 fully saturated rings. The summed E-state index contributed by atoms with van der Waals surface area (Å²) in [5.74, 6) is -2.56. The third-order valence-electron chi connectivity index (χ3n) is 8.04. The largest absolute Gasteiger partial charge is 0.352 e. The quantitative estimate of drug-likeness (QED) is 0.297. The molecule has 0 bridgehead atoms. The van der Waals surface area contributed by atoms with Gasteiger partial charge in [-0.15, -0.1) is 11.3 Å². The minimum absolute atomic E-state index is 0.238. The molecule has 1 aromatic heterocycles. The molecule has 3 aromatic carbocycles. The Hall–Kier alpha value is -4.07. The number of carbonyl (C=O) groups excluding carboxylic acids is 3. The van der Waals surface area contributed by atoms with Gasteiger partial charge in [-0.3, -0.25) is 14.4 Å². The molecule has 3 aliphatic heterocycles. The summed E-state index contributed by atoms with van der Waals surface area (Å²) in [6, 6.07) is 19.8. The molecule has 5 nitrogen and oxygen atoms in total. The first kappa shape index (κ1) is 24.0. The molecule has 1 spiro atoms. The monoisotopic (exact) mass is 554 g/mol. The number of benzene rings is 3. The van der Waals surface area contributed by atoms with E-state index in [9.17, 15) is 18.8 Å². The number of rotatable bonds is 4. The molecule has 1 saturated heterocycles. The first-order valence-electron chi connectivity index (χ1n) is 12.5. The number of halogens is 2. The highest BCUT2D eigenvalue weighted by Crippen LogP contribution is 2.58. The molecule has 0 unspecified atom stereocenters. The summed E-state index contributed by atoms with van der Waals surface area (Å²) in [5, 5.41) is 5.34. The van der Waals surface area contributed by atoms with Crippen molar-refractivity contribution in [2.45, 2.75) is 17.5 Å². The van der Waals surface area contributed by atoms with Crippen LogP contribution in [0.4, 0.5) is 15.8 Å². The zero-order chi connectivity index (χ0) is 26.9. The fourth-order valence-electron chi connectivity index (χ4n) is 6.51. The van der Waals surface area contributed by atoms with E-state index in [4.69, 9.17) is 11.6 Å². The molecule has 1 amide bonds. The van der Waals surface area contributed by atoms with Crippen molar-refractivity contribution >= 4 is 57.9 Å². The van der Waals surface area contributed by atoms with Crippen molar-refractivity contribution in [3.63, 3.8) is 0 Å². The Labute approximate surface area is 232 Å². The van der Waals surface area contributed by atoms with Crippen LogP contribution in [0.25, 0.3) is 6.08 Å². The standard InChI is InChI=1S/C31H20ClFN2O3S/c32-19-10-13-23-18(16-19)9-14-25-31(21-4-1-2-5-22(21)34-30(31)38)26(28(36)17-7-11-20(33)12-8-17)27(35(23)25)29(37)24-6-3-15-39-24/h1-16,25-27H,(H,34,38)/t25-,26-,27+,31+/m1/s1. The number of hydrogen-bond acceptors (Lipinski definition) is 5. The number of nitrogens with one attached hydrogen (secondary N) is 1. The van der Waals surface area contributed by atoms with Gasteiger partial charge >= 0.3 is 0 Å². The molecular weight excluding hydrogens is 535 g/mol. The van der Waals surface area contributed by atoms with E-state index in [0.717, 1.165) is 5.56 Å². The van der Waals surface area contributed by atoms with Crippen molar-refractivity contribution in [1.29, 1.82) is 0 Å². The predicted octanol–water partition coefficient (Wildman–Crippen LogP) is 6.40. The summed E-state index contributed by atoms with van der Waals surface area (Å²) in [5.41, 5.74) is 1.61. The lowest BCUT2D eigenvalue weighted by atomic mass is 9.64. The average Bonchev–Trinajstić information content (AvgIpc) is 3.65. The van der Waals surface area contributed by atoms with Gasteiger partial charge in [-0.05, 0) is 71.1 Å². The van der Waals surface area contributed by atoms with Crippen LogP contribution in [0.1, 0.15) is 31.2 Å². The predicted molar refractivity (Wildman–Crippen MR) is 150 cm³/mol. The van der Waals surface area contributed by atoms with E-state index >= 15 is 0 Å². The van der Waals surface area contributed by atoms with Crippen molar-refractivity contribution in [3.05, 3.63) is 123 Å². The number of nitrogens with zero attached hydrogens (tertiary/aromatic N) is 1. The summed E-state index contributed by atoms with van der Waals surface area (Å²) >= 11 is 7.61. The molecule has 192 valence electrons. The van der Waals surface area contributed by atoms with Gasteiger partial charge in [-0.25, -0.2) is 4.39 Å². The highest BCUT2D eigenvalue weighted by Gasteiger charge is 2.70. The van der Waals surface area contributed by atoms with Crippen LogP contribution < -0.4 is 10.2 Å². The molecular formula is C31H20ClFN2O3S. The Morgan fingerprint density at radius 3 is 2.54 bits per heavy atom. The zero-order valence-electron chi connectivity index (χ0n) is 20.3. The number of anilines is 2. The molecule has 4 aromatic rings. The van der Waals surface area contributed by atoms with Crippen LogP contribution in [0.15, 0.2) is 90.3 Å². The van der Waals surface area contributed by atoms with Crippen molar-refractivity contribution < 1.29 is 18.8 Å².